The van der Waals surface area contributed by atoms with E-state index in [1.807, 2.05) is 13.8 Å². The molecule has 5 heteroatoms. The number of carbonyl (C=O) groups excluding carboxylic acids is 1. The third-order valence-corrected chi connectivity index (χ3v) is 2.96. The standard InChI is InChI=1S/C11H22N2O3/c1-11(2,16-10(12)15)6-8-4-3-5-13-7-9(8)14/h8-9,13-14H,3-7H2,1-2H3,(H2,12,15). The van der Waals surface area contributed by atoms with E-state index in [1.165, 1.54) is 0 Å². The smallest absolute Gasteiger partial charge is 0.405 e. The van der Waals surface area contributed by atoms with E-state index in [2.05, 4.69) is 5.32 Å². The van der Waals surface area contributed by atoms with Gasteiger partial charge in [-0.2, -0.15) is 0 Å². The van der Waals surface area contributed by atoms with Gasteiger partial charge in [0, 0.05) is 6.54 Å². The Morgan fingerprint density at radius 3 is 2.94 bits per heavy atom. The van der Waals surface area contributed by atoms with E-state index in [0.717, 1.165) is 19.4 Å². The quantitative estimate of drug-likeness (QED) is 0.663. The van der Waals surface area contributed by atoms with Crippen molar-refractivity contribution in [1.29, 1.82) is 0 Å². The predicted molar refractivity (Wildman–Crippen MR) is 61.0 cm³/mol. The Bertz CT molecular complexity index is 243. The van der Waals surface area contributed by atoms with Crippen LogP contribution < -0.4 is 11.1 Å². The van der Waals surface area contributed by atoms with Crippen LogP contribution in [0.5, 0.6) is 0 Å². The number of rotatable bonds is 3. The van der Waals surface area contributed by atoms with E-state index in [-0.39, 0.29) is 12.0 Å². The highest BCUT2D eigenvalue weighted by atomic mass is 16.6. The molecule has 0 aliphatic carbocycles. The van der Waals surface area contributed by atoms with Crippen LogP contribution in [0.3, 0.4) is 0 Å². The zero-order valence-corrected chi connectivity index (χ0v) is 10.0. The number of nitrogens with one attached hydrogen (secondary N) is 1. The summed E-state index contributed by atoms with van der Waals surface area (Å²) in [7, 11) is 0. The van der Waals surface area contributed by atoms with E-state index in [4.69, 9.17) is 10.5 Å². The van der Waals surface area contributed by atoms with E-state index in [0.29, 0.717) is 13.0 Å². The van der Waals surface area contributed by atoms with Crippen LogP contribution in [0.1, 0.15) is 33.1 Å². The van der Waals surface area contributed by atoms with Crippen LogP contribution in [-0.2, 0) is 4.74 Å². The molecule has 94 valence electrons. The Hall–Kier alpha value is -0.810. The highest BCUT2D eigenvalue weighted by Gasteiger charge is 2.31. The van der Waals surface area contributed by atoms with Crippen LogP contribution in [0.25, 0.3) is 0 Å². The van der Waals surface area contributed by atoms with Gasteiger partial charge < -0.3 is 20.9 Å². The van der Waals surface area contributed by atoms with Gasteiger partial charge in [0.2, 0.25) is 0 Å². The first-order valence-corrected chi connectivity index (χ1v) is 5.78. The van der Waals surface area contributed by atoms with Crippen molar-refractivity contribution in [2.75, 3.05) is 13.1 Å². The fraction of sp³-hybridized carbons (Fsp3) is 0.909. The van der Waals surface area contributed by atoms with Gasteiger partial charge in [-0.05, 0) is 45.6 Å². The van der Waals surface area contributed by atoms with Gasteiger partial charge in [0.25, 0.3) is 0 Å². The number of aliphatic hydroxyl groups excluding tert-OH is 1. The number of β-amino-alcohol motifs (C(OH)–C–C–N with tert-alkyl or cyclic N) is 1. The second kappa shape index (κ2) is 5.50. The van der Waals surface area contributed by atoms with Crippen LogP contribution in [0.15, 0.2) is 0 Å². The van der Waals surface area contributed by atoms with Crippen LogP contribution in [0.4, 0.5) is 4.79 Å². The first kappa shape index (κ1) is 13.3. The second-order valence-corrected chi connectivity index (χ2v) is 5.06. The molecule has 1 rings (SSSR count). The summed E-state index contributed by atoms with van der Waals surface area (Å²) in [6.45, 7) is 5.19. The van der Waals surface area contributed by atoms with Crippen LogP contribution in [0.2, 0.25) is 0 Å². The normalized spacial score (nSPS) is 27.2. The average Bonchev–Trinajstić information content (AvgIpc) is 2.29. The Kier molecular flexibility index (Phi) is 4.56. The molecule has 0 aromatic carbocycles. The maximum Gasteiger partial charge on any atom is 0.405 e. The predicted octanol–water partition coefficient (Wildman–Crippen LogP) is 0.611. The molecule has 0 spiro atoms. The molecule has 0 radical (unpaired) electrons. The van der Waals surface area contributed by atoms with Gasteiger partial charge in [0.05, 0.1) is 6.10 Å². The molecule has 4 N–H and O–H groups in total. The number of hydrogen-bond acceptors (Lipinski definition) is 4. The summed E-state index contributed by atoms with van der Waals surface area (Å²) in [6, 6.07) is 0. The molecule has 1 saturated heterocycles. The van der Waals surface area contributed by atoms with Crippen molar-refractivity contribution in [2.45, 2.75) is 44.8 Å². The molecule has 1 fully saturated rings. The summed E-state index contributed by atoms with van der Waals surface area (Å²) in [4.78, 5) is 10.7. The van der Waals surface area contributed by atoms with Crippen molar-refractivity contribution in [3.8, 4) is 0 Å². The highest BCUT2D eigenvalue weighted by Crippen LogP contribution is 2.27. The van der Waals surface area contributed by atoms with Crippen molar-refractivity contribution in [3.63, 3.8) is 0 Å². The fourth-order valence-corrected chi connectivity index (χ4v) is 2.28. The lowest BCUT2D eigenvalue weighted by molar-refractivity contribution is 0.000995. The number of primary amides is 1. The maximum absolute atomic E-state index is 10.7. The summed E-state index contributed by atoms with van der Waals surface area (Å²) in [5, 5.41) is 13.1. The van der Waals surface area contributed by atoms with Gasteiger partial charge in [-0.15, -0.1) is 0 Å². The number of carbonyl (C=O) groups is 1. The lowest BCUT2D eigenvalue weighted by Gasteiger charge is -2.30. The molecule has 2 unspecified atom stereocenters. The summed E-state index contributed by atoms with van der Waals surface area (Å²) in [5.74, 6) is 0.157. The third kappa shape index (κ3) is 4.37. The lowest BCUT2D eigenvalue weighted by atomic mass is 9.86. The average molecular weight is 230 g/mol. The summed E-state index contributed by atoms with van der Waals surface area (Å²) < 4.78 is 5.04. The SMILES string of the molecule is CC(C)(CC1CCCNCC1O)OC(N)=O. The van der Waals surface area contributed by atoms with Crippen LogP contribution in [0, 0.1) is 5.92 Å². The Balaban J connectivity index is 2.52. The van der Waals surface area contributed by atoms with Crippen molar-refractivity contribution >= 4 is 6.09 Å². The molecular weight excluding hydrogens is 208 g/mol. The molecule has 1 amide bonds. The van der Waals surface area contributed by atoms with Crippen molar-refractivity contribution in [3.05, 3.63) is 0 Å². The lowest BCUT2D eigenvalue weighted by Crippen LogP contribution is -2.38. The molecule has 1 aliphatic heterocycles. The zero-order chi connectivity index (χ0) is 12.2. The number of ether oxygens (including phenoxy) is 1. The van der Waals surface area contributed by atoms with Crippen molar-refractivity contribution < 1.29 is 14.6 Å². The molecule has 1 aliphatic rings. The third-order valence-electron chi connectivity index (χ3n) is 2.96. The number of hydrogen-bond donors (Lipinski definition) is 3. The van der Waals surface area contributed by atoms with Crippen LogP contribution >= 0.6 is 0 Å². The summed E-state index contributed by atoms with van der Waals surface area (Å²) in [6.07, 6.45) is 1.48. The molecule has 0 saturated carbocycles. The van der Waals surface area contributed by atoms with E-state index < -0.39 is 11.7 Å². The van der Waals surface area contributed by atoms with E-state index in [9.17, 15) is 9.90 Å². The van der Waals surface area contributed by atoms with E-state index in [1.54, 1.807) is 0 Å². The highest BCUT2D eigenvalue weighted by molar-refractivity contribution is 5.65. The minimum atomic E-state index is -0.758. The summed E-state index contributed by atoms with van der Waals surface area (Å²) in [5.41, 5.74) is 4.40. The number of amides is 1. The Morgan fingerprint density at radius 1 is 1.62 bits per heavy atom. The minimum Gasteiger partial charge on any atom is -0.444 e. The molecule has 1 heterocycles. The zero-order valence-electron chi connectivity index (χ0n) is 10.0. The molecule has 0 bridgehead atoms. The topological polar surface area (TPSA) is 84.6 Å². The minimum absolute atomic E-state index is 0.157. The number of nitrogens with two attached hydrogens (primary N) is 1. The van der Waals surface area contributed by atoms with Crippen molar-refractivity contribution in [2.24, 2.45) is 11.7 Å². The van der Waals surface area contributed by atoms with E-state index >= 15 is 0 Å². The molecule has 0 aromatic heterocycles. The van der Waals surface area contributed by atoms with Crippen LogP contribution in [-0.4, -0.2) is 36.0 Å². The van der Waals surface area contributed by atoms with Gasteiger partial charge >= 0.3 is 6.09 Å². The fourth-order valence-electron chi connectivity index (χ4n) is 2.28. The molecule has 2 atom stereocenters. The van der Waals surface area contributed by atoms with Gasteiger partial charge in [-0.25, -0.2) is 4.79 Å². The molecule has 0 aromatic rings. The van der Waals surface area contributed by atoms with Crippen molar-refractivity contribution in [1.82, 2.24) is 5.32 Å². The van der Waals surface area contributed by atoms with Gasteiger partial charge in [0.15, 0.2) is 0 Å². The molecular formula is C11H22N2O3. The summed E-state index contributed by atoms with van der Waals surface area (Å²) >= 11 is 0. The number of aliphatic hydroxyl groups is 1. The Morgan fingerprint density at radius 2 is 2.31 bits per heavy atom. The first-order valence-electron chi connectivity index (χ1n) is 5.78. The second-order valence-electron chi connectivity index (χ2n) is 5.06. The maximum atomic E-state index is 10.7. The molecule has 16 heavy (non-hydrogen) atoms. The molecule has 5 nitrogen and oxygen atoms in total. The van der Waals surface area contributed by atoms with Gasteiger partial charge in [-0.3, -0.25) is 0 Å². The van der Waals surface area contributed by atoms with Gasteiger partial charge in [0.1, 0.15) is 5.60 Å². The van der Waals surface area contributed by atoms with Gasteiger partial charge in [-0.1, -0.05) is 0 Å². The largest absolute Gasteiger partial charge is 0.444 e. The Labute approximate surface area is 96.3 Å². The monoisotopic (exact) mass is 230 g/mol. The first-order chi connectivity index (χ1) is 7.41.